The maximum atomic E-state index is 13.6. The summed E-state index contributed by atoms with van der Waals surface area (Å²) < 4.78 is 25.0. The number of carbonyl (C=O) groups is 2. The van der Waals surface area contributed by atoms with Crippen LogP contribution in [-0.2, 0) is 28.0 Å². The summed E-state index contributed by atoms with van der Waals surface area (Å²) in [6, 6.07) is 22.7. The van der Waals surface area contributed by atoms with Crippen LogP contribution < -0.4 is 25.7 Å². The number of hydrogen-bond acceptors (Lipinski definition) is 9. The van der Waals surface area contributed by atoms with E-state index in [9.17, 15) is 19.5 Å². The number of rotatable bonds is 15. The van der Waals surface area contributed by atoms with Crippen LogP contribution in [0.3, 0.4) is 0 Å². The molecule has 0 atom stereocenters. The molecule has 0 aliphatic heterocycles. The van der Waals surface area contributed by atoms with Gasteiger partial charge in [0.1, 0.15) is 42.2 Å². The molecule has 0 aliphatic carbocycles. The quantitative estimate of drug-likeness (QED) is 0.0783. The Labute approximate surface area is 324 Å². The number of methoxy groups -OCH3 is 1. The molecular weight excluding hydrogens is 726 g/mol. The molecule has 2 heterocycles. The Morgan fingerprint density at radius 1 is 0.909 bits per heavy atom. The number of halogens is 1. The molecule has 0 saturated heterocycles. The van der Waals surface area contributed by atoms with E-state index in [1.807, 2.05) is 70.2 Å². The number of ether oxygens (including phenoxy) is 4. The fourth-order valence-electron chi connectivity index (χ4n) is 5.63. The molecule has 13 nitrogen and oxygen atoms in total. The van der Waals surface area contributed by atoms with Crippen LogP contribution in [0.25, 0.3) is 11.4 Å². The number of esters is 1. The number of pyridine rings is 1. The first-order chi connectivity index (χ1) is 26.3. The molecule has 2 aromatic heterocycles. The van der Waals surface area contributed by atoms with Crippen molar-refractivity contribution in [2.24, 2.45) is 0 Å². The first-order valence-electron chi connectivity index (χ1n) is 17.7. The van der Waals surface area contributed by atoms with Crippen LogP contribution in [0.5, 0.6) is 11.5 Å². The van der Waals surface area contributed by atoms with E-state index in [1.165, 1.54) is 11.7 Å². The molecule has 0 fully saturated rings. The van der Waals surface area contributed by atoms with E-state index in [2.05, 4.69) is 10.6 Å². The Hall–Kier alpha value is -5.63. The number of anilines is 1. The lowest BCUT2D eigenvalue weighted by Crippen LogP contribution is -2.29. The molecule has 5 aromatic rings. The molecule has 2 amide bonds. The van der Waals surface area contributed by atoms with Gasteiger partial charge < -0.3 is 29.4 Å². The van der Waals surface area contributed by atoms with Gasteiger partial charge in [0.2, 0.25) is 0 Å². The SMILES string of the molecule is COCCOC(=O)c1ccc(C)c(-n2c(C)cc(OCc3ccccc3CNC(=O)Nc3cc(C(C)(C)C)nn3-c3cccc(OCCO)c3)c(Cl)c2=O)c1. The molecular formula is C41H46ClN5O8. The number of aliphatic hydroxyl groups is 1. The molecule has 0 saturated carbocycles. The van der Waals surface area contributed by atoms with Crippen molar-refractivity contribution in [1.82, 2.24) is 19.7 Å². The highest BCUT2D eigenvalue weighted by molar-refractivity contribution is 6.31. The van der Waals surface area contributed by atoms with Crippen LogP contribution in [0.15, 0.2) is 83.7 Å². The first-order valence-corrected chi connectivity index (χ1v) is 18.1. The maximum absolute atomic E-state index is 13.6. The predicted octanol–water partition coefficient (Wildman–Crippen LogP) is 6.67. The van der Waals surface area contributed by atoms with Gasteiger partial charge in [-0.05, 0) is 54.8 Å². The van der Waals surface area contributed by atoms with E-state index in [-0.39, 0.29) is 61.3 Å². The maximum Gasteiger partial charge on any atom is 0.338 e. The average Bonchev–Trinajstić information content (AvgIpc) is 3.59. The molecule has 5 rings (SSSR count). The molecule has 290 valence electrons. The third kappa shape index (κ3) is 10.1. The van der Waals surface area contributed by atoms with Gasteiger partial charge in [-0.25, -0.2) is 14.3 Å². The monoisotopic (exact) mass is 771 g/mol. The van der Waals surface area contributed by atoms with E-state index in [0.717, 1.165) is 22.4 Å². The second-order valence-corrected chi connectivity index (χ2v) is 14.1. The lowest BCUT2D eigenvalue weighted by atomic mass is 9.92. The number of amides is 2. The number of aryl methyl sites for hydroxylation is 2. The Balaban J connectivity index is 1.29. The molecule has 0 bridgehead atoms. The van der Waals surface area contributed by atoms with Crippen LogP contribution >= 0.6 is 11.6 Å². The third-order valence-corrected chi connectivity index (χ3v) is 8.94. The van der Waals surface area contributed by atoms with E-state index in [1.54, 1.807) is 48.0 Å². The van der Waals surface area contributed by atoms with Crippen molar-refractivity contribution >= 4 is 29.4 Å². The van der Waals surface area contributed by atoms with Crippen molar-refractivity contribution in [1.29, 1.82) is 0 Å². The zero-order valence-corrected chi connectivity index (χ0v) is 32.5. The Morgan fingerprint density at radius 3 is 2.40 bits per heavy atom. The van der Waals surface area contributed by atoms with Gasteiger partial charge in [-0.1, -0.05) is 68.8 Å². The van der Waals surface area contributed by atoms with Crippen molar-refractivity contribution in [3.8, 4) is 22.9 Å². The van der Waals surface area contributed by atoms with Crippen molar-refractivity contribution in [2.45, 2.75) is 53.2 Å². The smallest absolute Gasteiger partial charge is 0.338 e. The van der Waals surface area contributed by atoms with Gasteiger partial charge in [-0.2, -0.15) is 5.10 Å². The Bertz CT molecular complexity index is 2210. The van der Waals surface area contributed by atoms with Crippen molar-refractivity contribution in [3.63, 3.8) is 0 Å². The van der Waals surface area contributed by atoms with Crippen LogP contribution in [0, 0.1) is 13.8 Å². The zero-order chi connectivity index (χ0) is 39.7. The number of nitrogens with one attached hydrogen (secondary N) is 2. The summed E-state index contributed by atoms with van der Waals surface area (Å²) in [6.07, 6.45) is 0. The predicted molar refractivity (Wildman–Crippen MR) is 210 cm³/mol. The number of aromatic nitrogens is 3. The summed E-state index contributed by atoms with van der Waals surface area (Å²) >= 11 is 6.61. The van der Waals surface area contributed by atoms with Crippen LogP contribution in [0.2, 0.25) is 5.02 Å². The van der Waals surface area contributed by atoms with E-state index < -0.39 is 17.6 Å². The molecule has 55 heavy (non-hydrogen) atoms. The lowest BCUT2D eigenvalue weighted by molar-refractivity contribution is 0.0388. The Kier molecular flexibility index (Phi) is 13.4. The standard InChI is InChI=1S/C41H46ClN5O8/c1-26-14-15-28(39(50)54-19-18-52-6)21-33(26)46-27(2)20-34(37(42)38(46)49)55-25-30-11-8-7-10-29(30)24-43-40(51)44-36-23-35(41(3,4)5)45-47(36)31-12-9-13-32(22-31)53-17-16-48/h7-15,20-23,48H,16-19,24-25H2,1-6H3,(H2,43,44,51). The Morgan fingerprint density at radius 2 is 1.67 bits per heavy atom. The average molecular weight is 772 g/mol. The summed E-state index contributed by atoms with van der Waals surface area (Å²) in [4.78, 5) is 39.5. The van der Waals surface area contributed by atoms with Crippen LogP contribution in [-0.4, -0.2) is 65.0 Å². The van der Waals surface area contributed by atoms with E-state index in [4.69, 9.17) is 35.6 Å². The largest absolute Gasteiger partial charge is 0.491 e. The van der Waals surface area contributed by atoms with Gasteiger partial charge in [0.25, 0.3) is 5.56 Å². The van der Waals surface area contributed by atoms with Crippen LogP contribution in [0.1, 0.15) is 59.2 Å². The summed E-state index contributed by atoms with van der Waals surface area (Å²) in [5.41, 5.74) is 4.29. The van der Waals surface area contributed by atoms with Crippen molar-refractivity contribution in [3.05, 3.63) is 128 Å². The highest BCUT2D eigenvalue weighted by Gasteiger charge is 2.22. The highest BCUT2D eigenvalue weighted by Crippen LogP contribution is 2.29. The minimum absolute atomic E-state index is 0.0698. The minimum atomic E-state index is -0.533. The number of hydrogen-bond donors (Lipinski definition) is 3. The normalized spacial score (nSPS) is 11.3. The molecule has 0 spiro atoms. The summed E-state index contributed by atoms with van der Waals surface area (Å²) in [5.74, 6) is 0.683. The topological polar surface area (TPSA) is 155 Å². The second-order valence-electron chi connectivity index (χ2n) is 13.7. The van der Waals surface area contributed by atoms with Gasteiger partial charge in [-0.3, -0.25) is 14.7 Å². The van der Waals surface area contributed by atoms with Crippen LogP contribution in [0.4, 0.5) is 10.6 Å². The van der Waals surface area contributed by atoms with Gasteiger partial charge in [0.05, 0.1) is 35.8 Å². The molecule has 14 heteroatoms. The molecule has 0 radical (unpaired) electrons. The fraction of sp³-hybridized carbons (Fsp3) is 0.317. The number of urea groups is 1. The summed E-state index contributed by atoms with van der Waals surface area (Å²) in [7, 11) is 1.52. The van der Waals surface area contributed by atoms with Gasteiger partial charge >= 0.3 is 12.0 Å². The van der Waals surface area contributed by atoms with Gasteiger partial charge in [0, 0.05) is 43.0 Å². The van der Waals surface area contributed by atoms with Gasteiger partial charge in [-0.15, -0.1) is 0 Å². The molecule has 0 aliphatic rings. The zero-order valence-electron chi connectivity index (χ0n) is 31.8. The van der Waals surface area contributed by atoms with E-state index in [0.29, 0.717) is 28.6 Å². The van der Waals surface area contributed by atoms with E-state index >= 15 is 0 Å². The molecule has 3 aromatic carbocycles. The molecule has 0 unspecified atom stereocenters. The lowest BCUT2D eigenvalue weighted by Gasteiger charge is -2.17. The second kappa shape index (κ2) is 18.1. The third-order valence-electron chi connectivity index (χ3n) is 8.59. The highest BCUT2D eigenvalue weighted by atomic mass is 35.5. The first kappa shape index (κ1) is 40.6. The van der Waals surface area contributed by atoms with Gasteiger partial charge in [0.15, 0.2) is 0 Å². The fourth-order valence-corrected chi connectivity index (χ4v) is 5.82. The van der Waals surface area contributed by atoms with Crippen molar-refractivity contribution < 1.29 is 33.6 Å². The number of nitrogens with zero attached hydrogens (tertiary/aromatic N) is 3. The number of benzene rings is 3. The van der Waals surface area contributed by atoms with Crippen molar-refractivity contribution in [2.75, 3.05) is 38.9 Å². The number of aliphatic hydroxyl groups excluding tert-OH is 1. The summed E-state index contributed by atoms with van der Waals surface area (Å²) in [5, 5.41) is 19.7. The number of carbonyl (C=O) groups excluding carboxylic acids is 2. The minimum Gasteiger partial charge on any atom is -0.491 e. The summed E-state index contributed by atoms with van der Waals surface area (Å²) in [6.45, 7) is 10.3. The molecule has 3 N–H and O–H groups in total.